The number of rotatable bonds is 7. The van der Waals surface area contributed by atoms with E-state index in [1.54, 1.807) is 42.5 Å². The Hall–Kier alpha value is -4.50. The third kappa shape index (κ3) is 5.07. The third-order valence-corrected chi connectivity index (χ3v) is 6.08. The highest BCUT2D eigenvalue weighted by Gasteiger charge is 2.42. The van der Waals surface area contributed by atoms with Crippen LogP contribution < -0.4 is 10.2 Å². The Kier molecular flexibility index (Phi) is 7.35. The summed E-state index contributed by atoms with van der Waals surface area (Å²) in [5.41, 5.74) is 4.18. The number of nitrogens with zero attached hydrogens (tertiary/aromatic N) is 3. The molecule has 1 aliphatic rings. The first-order valence-corrected chi connectivity index (χ1v) is 11.8. The van der Waals surface area contributed by atoms with E-state index in [1.807, 2.05) is 36.6 Å². The van der Waals surface area contributed by atoms with Crippen LogP contribution in [-0.4, -0.2) is 53.5 Å². The van der Waals surface area contributed by atoms with Crippen molar-refractivity contribution < 1.29 is 23.9 Å². The Morgan fingerprint density at radius 2 is 1.62 bits per heavy atom. The second kappa shape index (κ2) is 10.6. The topological polar surface area (TPSA) is 101 Å². The molecule has 0 spiro atoms. The molecule has 1 saturated heterocycles. The lowest BCUT2D eigenvalue weighted by molar-refractivity contribution is -0.129. The van der Waals surface area contributed by atoms with Gasteiger partial charge in [-0.05, 0) is 68.0 Å². The normalized spacial score (nSPS) is 15.0. The van der Waals surface area contributed by atoms with Gasteiger partial charge in [-0.1, -0.05) is 18.2 Å². The summed E-state index contributed by atoms with van der Waals surface area (Å²) >= 11 is 0. The fourth-order valence-electron chi connectivity index (χ4n) is 4.34. The van der Waals surface area contributed by atoms with Crippen molar-refractivity contribution in [3.8, 4) is 5.69 Å². The summed E-state index contributed by atoms with van der Waals surface area (Å²) in [4.78, 5) is 53.3. The second-order valence-corrected chi connectivity index (χ2v) is 8.66. The van der Waals surface area contributed by atoms with E-state index in [0.29, 0.717) is 16.9 Å². The number of urea groups is 1. The molecule has 1 N–H and O–H groups in total. The van der Waals surface area contributed by atoms with E-state index in [4.69, 9.17) is 4.74 Å². The zero-order chi connectivity index (χ0) is 26.7. The Morgan fingerprint density at radius 3 is 2.24 bits per heavy atom. The molecular formula is C28H28N4O5. The summed E-state index contributed by atoms with van der Waals surface area (Å²) in [6, 6.07) is 17.1. The first-order chi connectivity index (χ1) is 17.7. The predicted octanol–water partition coefficient (Wildman–Crippen LogP) is 4.08. The third-order valence-electron chi connectivity index (χ3n) is 6.08. The highest BCUT2D eigenvalue weighted by Crippen LogP contribution is 2.28. The second-order valence-electron chi connectivity index (χ2n) is 8.66. The molecule has 37 heavy (non-hydrogen) atoms. The van der Waals surface area contributed by atoms with E-state index < -0.39 is 17.8 Å². The van der Waals surface area contributed by atoms with Gasteiger partial charge in [-0.2, -0.15) is 0 Å². The molecule has 0 unspecified atom stereocenters. The monoisotopic (exact) mass is 500 g/mol. The Balaban J connectivity index is 1.75. The number of methoxy groups -OCH3 is 1. The molecule has 4 rings (SSSR count). The van der Waals surface area contributed by atoms with Crippen molar-refractivity contribution in [2.24, 2.45) is 0 Å². The molecule has 0 saturated carbocycles. The molecule has 2 heterocycles. The lowest BCUT2D eigenvalue weighted by Crippen LogP contribution is -2.57. The first-order valence-electron chi connectivity index (χ1n) is 11.8. The van der Waals surface area contributed by atoms with Gasteiger partial charge in [0.2, 0.25) is 5.91 Å². The molecule has 0 radical (unpaired) electrons. The number of para-hydroxylation sites is 1. The van der Waals surface area contributed by atoms with Gasteiger partial charge in [-0.3, -0.25) is 19.3 Å². The molecule has 1 aromatic heterocycles. The summed E-state index contributed by atoms with van der Waals surface area (Å²) in [6.07, 6.45) is 1.54. The van der Waals surface area contributed by atoms with Crippen LogP contribution in [0.2, 0.25) is 0 Å². The molecule has 5 amide bonds. The fourth-order valence-corrected chi connectivity index (χ4v) is 4.34. The van der Waals surface area contributed by atoms with Crippen molar-refractivity contribution in [2.75, 3.05) is 30.5 Å². The lowest BCUT2D eigenvalue weighted by atomic mass is 10.1. The number of ether oxygens (including phenoxy) is 1. The average Bonchev–Trinajstić information content (AvgIpc) is 3.15. The van der Waals surface area contributed by atoms with Gasteiger partial charge >= 0.3 is 6.03 Å². The number of carbonyl (C=O) groups excluding carboxylic acids is 4. The lowest BCUT2D eigenvalue weighted by Gasteiger charge is -2.33. The van der Waals surface area contributed by atoms with E-state index in [1.165, 1.54) is 20.1 Å². The van der Waals surface area contributed by atoms with Crippen LogP contribution in [0.25, 0.3) is 11.8 Å². The zero-order valence-electron chi connectivity index (χ0n) is 21.1. The fraction of sp³-hybridized carbons (Fsp3) is 0.214. The van der Waals surface area contributed by atoms with Crippen LogP contribution in [0.5, 0.6) is 0 Å². The van der Waals surface area contributed by atoms with Crippen molar-refractivity contribution >= 4 is 41.2 Å². The minimum Gasteiger partial charge on any atom is -0.383 e. The quantitative estimate of drug-likeness (QED) is 0.389. The van der Waals surface area contributed by atoms with Crippen molar-refractivity contribution in [1.82, 2.24) is 9.47 Å². The van der Waals surface area contributed by atoms with Crippen LogP contribution in [0.1, 0.15) is 23.9 Å². The number of amides is 5. The van der Waals surface area contributed by atoms with E-state index in [9.17, 15) is 19.2 Å². The van der Waals surface area contributed by atoms with E-state index in [0.717, 1.165) is 26.9 Å². The van der Waals surface area contributed by atoms with Gasteiger partial charge in [0.25, 0.3) is 11.8 Å². The zero-order valence-corrected chi connectivity index (χ0v) is 21.1. The molecule has 1 aliphatic heterocycles. The number of aryl methyl sites for hydroxylation is 1. The van der Waals surface area contributed by atoms with Crippen molar-refractivity contribution in [2.45, 2.75) is 20.8 Å². The maximum Gasteiger partial charge on any atom is 0.338 e. The summed E-state index contributed by atoms with van der Waals surface area (Å²) in [7, 11) is 1.48. The molecule has 0 aliphatic carbocycles. The van der Waals surface area contributed by atoms with Gasteiger partial charge in [0.05, 0.1) is 18.8 Å². The van der Waals surface area contributed by atoms with Crippen molar-refractivity contribution in [1.29, 1.82) is 0 Å². The smallest absolute Gasteiger partial charge is 0.338 e. The van der Waals surface area contributed by atoms with E-state index in [2.05, 4.69) is 5.32 Å². The molecule has 2 aromatic carbocycles. The predicted molar refractivity (Wildman–Crippen MR) is 140 cm³/mol. The summed E-state index contributed by atoms with van der Waals surface area (Å²) in [5, 5.41) is 2.74. The summed E-state index contributed by atoms with van der Waals surface area (Å²) < 4.78 is 7.07. The molecule has 0 atom stereocenters. The summed E-state index contributed by atoms with van der Waals surface area (Å²) in [5.74, 6) is -1.50. The van der Waals surface area contributed by atoms with E-state index >= 15 is 0 Å². The van der Waals surface area contributed by atoms with Crippen molar-refractivity contribution in [3.63, 3.8) is 0 Å². The van der Waals surface area contributed by atoms with Gasteiger partial charge in [-0.15, -0.1) is 0 Å². The van der Waals surface area contributed by atoms with Crippen LogP contribution >= 0.6 is 0 Å². The summed E-state index contributed by atoms with van der Waals surface area (Å²) in [6.45, 7) is 5.42. The molecular weight excluding hydrogens is 472 g/mol. The minimum atomic E-state index is -0.708. The number of barbiturate groups is 1. The molecule has 9 heteroatoms. The van der Waals surface area contributed by atoms with Crippen LogP contribution in [0.15, 0.2) is 66.2 Å². The highest BCUT2D eigenvalue weighted by atomic mass is 16.5. The Bertz CT molecular complexity index is 1390. The maximum atomic E-state index is 13.5. The van der Waals surface area contributed by atoms with Gasteiger partial charge in [0.15, 0.2) is 0 Å². The minimum absolute atomic E-state index is 0.0157. The number of hydrogen-bond acceptors (Lipinski definition) is 5. The number of anilines is 2. The van der Waals surface area contributed by atoms with Crippen molar-refractivity contribution in [3.05, 3.63) is 83.2 Å². The SMILES string of the molecule is COCCN1C(=O)/C(=C/c2cc(C)n(-c3ccc(NC(C)=O)cc3)c2C)C(=O)N(c2ccccc2)C1=O. The van der Waals surface area contributed by atoms with Crippen LogP contribution in [-0.2, 0) is 19.1 Å². The van der Waals surface area contributed by atoms with Crippen LogP contribution in [0, 0.1) is 13.8 Å². The van der Waals surface area contributed by atoms with E-state index in [-0.39, 0.29) is 24.6 Å². The van der Waals surface area contributed by atoms with Gasteiger partial charge in [0, 0.05) is 36.8 Å². The van der Waals surface area contributed by atoms with Crippen LogP contribution in [0.3, 0.4) is 0 Å². The van der Waals surface area contributed by atoms with Crippen LogP contribution in [0.4, 0.5) is 16.2 Å². The molecule has 190 valence electrons. The van der Waals surface area contributed by atoms with Gasteiger partial charge < -0.3 is 14.6 Å². The molecule has 0 bridgehead atoms. The highest BCUT2D eigenvalue weighted by molar-refractivity contribution is 6.39. The maximum absolute atomic E-state index is 13.5. The number of benzene rings is 2. The number of aromatic nitrogens is 1. The number of carbonyl (C=O) groups is 4. The standard InChI is InChI=1S/C28H28N4O5/c1-18-16-21(19(2)31(18)24-12-10-22(11-13-24)29-20(3)33)17-25-26(34)30(14-15-37-4)28(36)32(27(25)35)23-8-6-5-7-9-23/h5-13,16-17H,14-15H2,1-4H3,(H,29,33)/b25-17-. The largest absolute Gasteiger partial charge is 0.383 e. The molecule has 1 fully saturated rings. The number of nitrogens with one attached hydrogen (secondary N) is 1. The molecule has 3 aromatic rings. The Morgan fingerprint density at radius 1 is 0.946 bits per heavy atom. The molecule has 9 nitrogen and oxygen atoms in total. The van der Waals surface area contributed by atoms with Gasteiger partial charge in [0.1, 0.15) is 5.57 Å². The average molecular weight is 501 g/mol. The Labute approximate surface area is 214 Å². The first kappa shape index (κ1) is 25.6. The van der Waals surface area contributed by atoms with Gasteiger partial charge in [-0.25, -0.2) is 9.69 Å². The number of imide groups is 2. The number of hydrogen-bond donors (Lipinski definition) is 1.